The molecule has 0 bridgehead atoms. The van der Waals surface area contributed by atoms with Crippen molar-refractivity contribution >= 4 is 17.8 Å². The quantitative estimate of drug-likeness (QED) is 0.834. The van der Waals surface area contributed by atoms with Crippen LogP contribution in [0.25, 0.3) is 0 Å². The molecule has 0 aliphatic rings. The molecule has 25 heavy (non-hydrogen) atoms. The molecule has 1 aromatic heterocycles. The van der Waals surface area contributed by atoms with Gasteiger partial charge < -0.3 is 14.0 Å². The molecule has 8 heteroatoms. The van der Waals surface area contributed by atoms with Crippen LogP contribution in [0.1, 0.15) is 36.8 Å². The van der Waals surface area contributed by atoms with Crippen molar-refractivity contribution in [1.82, 2.24) is 5.16 Å². The summed E-state index contributed by atoms with van der Waals surface area (Å²) < 4.78 is 28.4. The van der Waals surface area contributed by atoms with Crippen LogP contribution in [0.15, 0.2) is 28.8 Å². The van der Waals surface area contributed by atoms with E-state index in [4.69, 9.17) is 14.0 Å². The smallest absolute Gasteiger partial charge is 0.341 e. The molecule has 0 radical (unpaired) electrons. The lowest BCUT2D eigenvalue weighted by Crippen LogP contribution is -2.21. The predicted molar refractivity (Wildman–Crippen MR) is 87.1 cm³/mol. The lowest BCUT2D eigenvalue weighted by atomic mass is 9.92. The summed E-state index contributed by atoms with van der Waals surface area (Å²) in [4.78, 5) is 23.6. The van der Waals surface area contributed by atoms with Crippen molar-refractivity contribution in [2.45, 2.75) is 26.2 Å². The van der Waals surface area contributed by atoms with Gasteiger partial charge in [0.05, 0.1) is 18.4 Å². The van der Waals surface area contributed by atoms with Crippen molar-refractivity contribution in [2.75, 3.05) is 19.0 Å². The molecule has 0 atom stereocenters. The Morgan fingerprint density at radius 2 is 2.00 bits per heavy atom. The number of aromatic nitrogens is 1. The molecule has 1 aromatic carbocycles. The molecule has 0 saturated carbocycles. The number of hydrogen-bond acceptors (Lipinski definition) is 6. The van der Waals surface area contributed by atoms with Crippen LogP contribution in [0, 0.1) is 5.82 Å². The molecule has 134 valence electrons. The maximum atomic E-state index is 13.8. The molecule has 2 aromatic rings. The van der Waals surface area contributed by atoms with Gasteiger partial charge in [-0.05, 0) is 12.1 Å². The largest absolute Gasteiger partial charge is 0.497 e. The first-order valence-corrected chi connectivity index (χ1v) is 7.48. The van der Waals surface area contributed by atoms with Gasteiger partial charge in [0.15, 0.2) is 6.61 Å². The fourth-order valence-electron chi connectivity index (χ4n) is 1.86. The number of carbonyl (C=O) groups is 2. The third-order valence-electron chi connectivity index (χ3n) is 3.27. The first-order chi connectivity index (χ1) is 11.7. The lowest BCUT2D eigenvalue weighted by Gasteiger charge is -2.12. The maximum absolute atomic E-state index is 13.8. The number of ether oxygens (including phenoxy) is 2. The van der Waals surface area contributed by atoms with Gasteiger partial charge in [-0.25, -0.2) is 9.18 Å². The fourth-order valence-corrected chi connectivity index (χ4v) is 1.86. The zero-order valence-electron chi connectivity index (χ0n) is 14.4. The molecule has 7 nitrogen and oxygen atoms in total. The second-order valence-corrected chi connectivity index (χ2v) is 6.30. The van der Waals surface area contributed by atoms with Gasteiger partial charge in [-0.1, -0.05) is 25.9 Å². The topological polar surface area (TPSA) is 90.7 Å². The van der Waals surface area contributed by atoms with Crippen molar-refractivity contribution < 1.29 is 28.0 Å². The first-order valence-electron chi connectivity index (χ1n) is 7.48. The van der Waals surface area contributed by atoms with Crippen molar-refractivity contribution in [3.63, 3.8) is 0 Å². The number of hydrogen-bond donors (Lipinski definition) is 1. The van der Waals surface area contributed by atoms with E-state index in [0.29, 0.717) is 5.69 Å². The van der Waals surface area contributed by atoms with E-state index in [1.807, 2.05) is 20.8 Å². The second kappa shape index (κ2) is 7.33. The number of methoxy groups -OCH3 is 1. The van der Waals surface area contributed by atoms with E-state index in [-0.39, 0.29) is 22.6 Å². The van der Waals surface area contributed by atoms with Gasteiger partial charge >= 0.3 is 5.97 Å². The second-order valence-electron chi connectivity index (χ2n) is 6.30. The summed E-state index contributed by atoms with van der Waals surface area (Å²) in [6, 6.07) is 5.28. The van der Waals surface area contributed by atoms with Crippen molar-refractivity contribution in [3.05, 3.63) is 41.3 Å². The van der Waals surface area contributed by atoms with Crippen LogP contribution >= 0.6 is 0 Å². The third-order valence-corrected chi connectivity index (χ3v) is 3.27. The SMILES string of the molecule is COc1ccc(C(=O)OCC(=O)Nc2cc(C(C)(C)C)no2)c(F)c1. The highest BCUT2D eigenvalue weighted by atomic mass is 19.1. The third kappa shape index (κ3) is 4.79. The highest BCUT2D eigenvalue weighted by molar-refractivity contribution is 5.95. The van der Waals surface area contributed by atoms with Crippen molar-refractivity contribution in [3.8, 4) is 5.75 Å². The van der Waals surface area contributed by atoms with E-state index in [1.165, 1.54) is 19.2 Å². The molecule has 0 fully saturated rings. The molecular weight excluding hydrogens is 331 g/mol. The molecule has 0 saturated heterocycles. The van der Waals surface area contributed by atoms with Gasteiger partial charge in [0.2, 0.25) is 5.88 Å². The van der Waals surface area contributed by atoms with Crippen LogP contribution in [0.4, 0.5) is 10.3 Å². The number of amides is 1. The highest BCUT2D eigenvalue weighted by Crippen LogP contribution is 2.23. The number of anilines is 1. The van der Waals surface area contributed by atoms with Gasteiger partial charge in [-0.2, -0.15) is 0 Å². The fraction of sp³-hybridized carbons (Fsp3) is 0.353. The molecule has 0 aliphatic carbocycles. The summed E-state index contributed by atoms with van der Waals surface area (Å²) in [6.07, 6.45) is 0. The van der Waals surface area contributed by atoms with Gasteiger partial charge in [0.1, 0.15) is 11.6 Å². The van der Waals surface area contributed by atoms with E-state index >= 15 is 0 Å². The minimum atomic E-state index is -0.955. The Bertz CT molecular complexity index is 780. The van der Waals surface area contributed by atoms with Crippen molar-refractivity contribution in [2.24, 2.45) is 0 Å². The summed E-state index contributed by atoms with van der Waals surface area (Å²) in [7, 11) is 1.38. The zero-order chi connectivity index (χ0) is 18.6. The van der Waals surface area contributed by atoms with Crippen LogP contribution in [0.5, 0.6) is 5.75 Å². The summed E-state index contributed by atoms with van der Waals surface area (Å²) in [5.41, 5.74) is 0.147. The summed E-state index contributed by atoms with van der Waals surface area (Å²) >= 11 is 0. The Morgan fingerprint density at radius 1 is 1.28 bits per heavy atom. The number of rotatable bonds is 5. The van der Waals surface area contributed by atoms with E-state index in [9.17, 15) is 14.0 Å². The number of nitrogens with one attached hydrogen (secondary N) is 1. The van der Waals surface area contributed by atoms with E-state index in [0.717, 1.165) is 6.07 Å². The summed E-state index contributed by atoms with van der Waals surface area (Å²) in [6.45, 7) is 5.25. The minimum Gasteiger partial charge on any atom is -0.497 e. The van der Waals surface area contributed by atoms with Gasteiger partial charge in [0, 0.05) is 17.5 Å². The van der Waals surface area contributed by atoms with E-state index < -0.39 is 24.3 Å². The lowest BCUT2D eigenvalue weighted by molar-refractivity contribution is -0.119. The van der Waals surface area contributed by atoms with E-state index in [1.54, 1.807) is 6.07 Å². The Hall–Kier alpha value is -2.90. The number of esters is 1. The molecular formula is C17H19FN2O5. The highest BCUT2D eigenvalue weighted by Gasteiger charge is 2.20. The molecule has 1 N–H and O–H groups in total. The monoisotopic (exact) mass is 350 g/mol. The van der Waals surface area contributed by atoms with Crippen LogP contribution < -0.4 is 10.1 Å². The average molecular weight is 350 g/mol. The van der Waals surface area contributed by atoms with Gasteiger partial charge in [-0.3, -0.25) is 10.1 Å². The van der Waals surface area contributed by atoms with E-state index in [2.05, 4.69) is 10.5 Å². The molecule has 1 amide bonds. The molecule has 0 aliphatic heterocycles. The minimum absolute atomic E-state index is 0.140. The Morgan fingerprint density at radius 3 is 2.56 bits per heavy atom. The van der Waals surface area contributed by atoms with Gasteiger partial charge in [-0.15, -0.1) is 0 Å². The zero-order valence-corrected chi connectivity index (χ0v) is 14.4. The number of benzene rings is 1. The normalized spacial score (nSPS) is 11.1. The standard InChI is InChI=1S/C17H19FN2O5/c1-17(2,3)13-8-15(25-20-13)19-14(21)9-24-16(22)11-6-5-10(23-4)7-12(11)18/h5-8H,9H2,1-4H3,(H,19,21). The maximum Gasteiger partial charge on any atom is 0.341 e. The number of nitrogens with zero attached hydrogens (tertiary/aromatic N) is 1. The summed E-state index contributed by atoms with van der Waals surface area (Å²) in [5, 5.41) is 6.27. The van der Waals surface area contributed by atoms with Crippen LogP contribution in [-0.2, 0) is 14.9 Å². The summed E-state index contributed by atoms with van der Waals surface area (Å²) in [5.74, 6) is -1.97. The molecule has 0 spiro atoms. The molecule has 0 unspecified atom stereocenters. The predicted octanol–water partition coefficient (Wildman–Crippen LogP) is 2.92. The Kier molecular flexibility index (Phi) is 5.41. The molecule has 1 heterocycles. The van der Waals surface area contributed by atoms with Crippen LogP contribution in [0.2, 0.25) is 0 Å². The van der Waals surface area contributed by atoms with Crippen LogP contribution in [-0.4, -0.2) is 30.7 Å². The van der Waals surface area contributed by atoms with Crippen LogP contribution in [0.3, 0.4) is 0 Å². The first kappa shape index (κ1) is 18.4. The number of halogens is 1. The van der Waals surface area contributed by atoms with Crippen molar-refractivity contribution in [1.29, 1.82) is 0 Å². The Labute approximate surface area is 144 Å². The molecule has 2 rings (SSSR count). The van der Waals surface area contributed by atoms with Gasteiger partial charge in [0.25, 0.3) is 5.91 Å². The Balaban J connectivity index is 1.91. The number of carbonyl (C=O) groups excluding carboxylic acids is 2. The average Bonchev–Trinajstić information content (AvgIpc) is 3.01.